The monoisotopic (exact) mass is 249 g/mol. The van der Waals surface area contributed by atoms with E-state index >= 15 is 0 Å². The fraction of sp³-hybridized carbons (Fsp3) is 0.500. The van der Waals surface area contributed by atoms with E-state index in [1.54, 1.807) is 14.2 Å². The molecular weight excluding hydrogens is 230 g/mol. The zero-order valence-electron chi connectivity index (χ0n) is 10.9. The summed E-state index contributed by atoms with van der Waals surface area (Å²) in [6.45, 7) is 2.56. The standard InChI is InChI=1S/C14H19NO3/c1-17-13-4-3-11(9-14(13)18-2)10-15-7-5-12(16)6-8-15/h3-4,9H,5-8,10H2,1-2H3. The van der Waals surface area contributed by atoms with Crippen molar-refractivity contribution in [2.75, 3.05) is 27.3 Å². The molecule has 0 saturated carbocycles. The number of hydrogen-bond donors (Lipinski definition) is 0. The van der Waals surface area contributed by atoms with E-state index < -0.39 is 0 Å². The van der Waals surface area contributed by atoms with E-state index in [2.05, 4.69) is 4.90 Å². The number of likely N-dealkylation sites (tertiary alicyclic amines) is 1. The lowest BCUT2D eigenvalue weighted by atomic mass is 10.1. The number of benzene rings is 1. The van der Waals surface area contributed by atoms with E-state index in [0.29, 0.717) is 18.6 Å². The molecule has 4 heteroatoms. The lowest BCUT2D eigenvalue weighted by Crippen LogP contribution is -2.33. The van der Waals surface area contributed by atoms with E-state index in [9.17, 15) is 4.79 Å². The smallest absolute Gasteiger partial charge is 0.161 e. The summed E-state index contributed by atoms with van der Waals surface area (Å²) in [5, 5.41) is 0. The van der Waals surface area contributed by atoms with Gasteiger partial charge in [0.05, 0.1) is 14.2 Å². The van der Waals surface area contributed by atoms with Crippen molar-refractivity contribution in [1.29, 1.82) is 0 Å². The van der Waals surface area contributed by atoms with Crippen LogP contribution >= 0.6 is 0 Å². The second-order valence-electron chi connectivity index (χ2n) is 4.50. The fourth-order valence-corrected chi connectivity index (χ4v) is 2.20. The first kappa shape index (κ1) is 12.9. The number of hydrogen-bond acceptors (Lipinski definition) is 4. The molecule has 1 aliphatic heterocycles. The average molecular weight is 249 g/mol. The van der Waals surface area contributed by atoms with Crippen molar-refractivity contribution < 1.29 is 14.3 Å². The Morgan fingerprint density at radius 2 is 1.78 bits per heavy atom. The van der Waals surface area contributed by atoms with Crippen molar-refractivity contribution in [3.05, 3.63) is 23.8 Å². The molecule has 0 unspecified atom stereocenters. The Hall–Kier alpha value is -1.55. The summed E-state index contributed by atoms with van der Waals surface area (Å²) in [5.74, 6) is 1.87. The van der Waals surface area contributed by atoms with Crippen LogP contribution in [0.4, 0.5) is 0 Å². The first-order valence-corrected chi connectivity index (χ1v) is 6.18. The summed E-state index contributed by atoms with van der Waals surface area (Å²) >= 11 is 0. The van der Waals surface area contributed by atoms with Gasteiger partial charge in [-0.2, -0.15) is 0 Å². The summed E-state index contributed by atoms with van der Waals surface area (Å²) in [5.41, 5.74) is 1.18. The van der Waals surface area contributed by atoms with Gasteiger partial charge in [0.25, 0.3) is 0 Å². The van der Waals surface area contributed by atoms with Crippen molar-refractivity contribution in [1.82, 2.24) is 4.90 Å². The minimum absolute atomic E-state index is 0.374. The minimum Gasteiger partial charge on any atom is -0.493 e. The van der Waals surface area contributed by atoms with E-state index in [1.165, 1.54) is 5.56 Å². The van der Waals surface area contributed by atoms with Gasteiger partial charge in [0, 0.05) is 32.5 Å². The van der Waals surface area contributed by atoms with Gasteiger partial charge in [-0.05, 0) is 17.7 Å². The van der Waals surface area contributed by atoms with Gasteiger partial charge in [0.1, 0.15) is 5.78 Å². The largest absolute Gasteiger partial charge is 0.493 e. The molecule has 0 aromatic heterocycles. The number of Topliss-reactive ketones (excluding diaryl/α,β-unsaturated/α-hetero) is 1. The number of piperidine rings is 1. The fourth-order valence-electron chi connectivity index (χ4n) is 2.20. The second kappa shape index (κ2) is 5.87. The van der Waals surface area contributed by atoms with Gasteiger partial charge in [0.2, 0.25) is 0 Å². The predicted octanol–water partition coefficient (Wildman–Crippen LogP) is 1.87. The molecule has 0 N–H and O–H groups in total. The van der Waals surface area contributed by atoms with Crippen molar-refractivity contribution in [3.8, 4) is 11.5 Å². The van der Waals surface area contributed by atoms with Crippen LogP contribution in [0.1, 0.15) is 18.4 Å². The van der Waals surface area contributed by atoms with E-state index in [-0.39, 0.29) is 0 Å². The highest BCUT2D eigenvalue weighted by Gasteiger charge is 2.16. The molecule has 1 saturated heterocycles. The Balaban J connectivity index is 2.03. The van der Waals surface area contributed by atoms with Gasteiger partial charge in [-0.25, -0.2) is 0 Å². The van der Waals surface area contributed by atoms with Crippen LogP contribution < -0.4 is 9.47 Å². The van der Waals surface area contributed by atoms with Crippen LogP contribution in [0.2, 0.25) is 0 Å². The van der Waals surface area contributed by atoms with Gasteiger partial charge in [-0.15, -0.1) is 0 Å². The van der Waals surface area contributed by atoms with Crippen LogP contribution in [0.5, 0.6) is 11.5 Å². The molecular formula is C14H19NO3. The normalized spacial score (nSPS) is 16.7. The number of ether oxygens (including phenoxy) is 2. The highest BCUT2D eigenvalue weighted by molar-refractivity contribution is 5.79. The van der Waals surface area contributed by atoms with Gasteiger partial charge >= 0.3 is 0 Å². The number of ketones is 1. The molecule has 0 aliphatic carbocycles. The number of rotatable bonds is 4. The first-order chi connectivity index (χ1) is 8.72. The third-order valence-electron chi connectivity index (χ3n) is 3.27. The molecule has 0 atom stereocenters. The summed E-state index contributed by atoms with van der Waals surface area (Å²) in [6, 6.07) is 5.95. The summed E-state index contributed by atoms with van der Waals surface area (Å²) in [4.78, 5) is 13.5. The molecule has 2 rings (SSSR count). The molecule has 1 aromatic rings. The van der Waals surface area contributed by atoms with Crippen molar-refractivity contribution >= 4 is 5.78 Å². The topological polar surface area (TPSA) is 38.8 Å². The Morgan fingerprint density at radius 3 is 2.39 bits per heavy atom. The second-order valence-corrected chi connectivity index (χ2v) is 4.50. The minimum atomic E-state index is 0.374. The molecule has 1 aromatic carbocycles. The Bertz CT molecular complexity index is 421. The number of carbonyl (C=O) groups excluding carboxylic acids is 1. The summed E-state index contributed by atoms with van der Waals surface area (Å²) < 4.78 is 10.5. The lowest BCUT2D eigenvalue weighted by molar-refractivity contribution is -0.121. The summed E-state index contributed by atoms with van der Waals surface area (Å²) in [7, 11) is 3.27. The maximum Gasteiger partial charge on any atom is 0.161 e. The Labute approximate surface area is 107 Å². The molecule has 0 amide bonds. The maximum atomic E-state index is 11.2. The van der Waals surface area contributed by atoms with Crippen molar-refractivity contribution in [2.45, 2.75) is 19.4 Å². The Morgan fingerprint density at radius 1 is 1.11 bits per heavy atom. The van der Waals surface area contributed by atoms with E-state index in [1.807, 2.05) is 18.2 Å². The van der Waals surface area contributed by atoms with Crippen molar-refractivity contribution in [3.63, 3.8) is 0 Å². The summed E-state index contributed by atoms with van der Waals surface area (Å²) in [6.07, 6.45) is 1.35. The van der Waals surface area contributed by atoms with Crippen LogP contribution in [-0.2, 0) is 11.3 Å². The van der Waals surface area contributed by atoms with Gasteiger partial charge in [0.15, 0.2) is 11.5 Å². The van der Waals surface area contributed by atoms with Gasteiger partial charge in [-0.1, -0.05) is 6.07 Å². The van der Waals surface area contributed by atoms with Gasteiger partial charge < -0.3 is 9.47 Å². The predicted molar refractivity (Wildman–Crippen MR) is 69.1 cm³/mol. The number of nitrogens with zero attached hydrogens (tertiary/aromatic N) is 1. The van der Waals surface area contributed by atoms with E-state index in [4.69, 9.17) is 9.47 Å². The lowest BCUT2D eigenvalue weighted by Gasteiger charge is -2.26. The molecule has 4 nitrogen and oxygen atoms in total. The molecule has 0 radical (unpaired) electrons. The average Bonchev–Trinajstić information content (AvgIpc) is 2.41. The van der Waals surface area contributed by atoms with Crippen molar-refractivity contribution in [2.24, 2.45) is 0 Å². The zero-order valence-corrected chi connectivity index (χ0v) is 10.9. The van der Waals surface area contributed by atoms with Crippen LogP contribution in [0.3, 0.4) is 0 Å². The zero-order chi connectivity index (χ0) is 13.0. The number of methoxy groups -OCH3 is 2. The quantitative estimate of drug-likeness (QED) is 0.816. The highest BCUT2D eigenvalue weighted by Crippen LogP contribution is 2.28. The molecule has 0 spiro atoms. The molecule has 98 valence electrons. The molecule has 1 fully saturated rings. The Kier molecular flexibility index (Phi) is 4.20. The van der Waals surface area contributed by atoms with E-state index in [0.717, 1.165) is 31.1 Å². The third-order valence-corrected chi connectivity index (χ3v) is 3.27. The third kappa shape index (κ3) is 3.01. The molecule has 0 bridgehead atoms. The maximum absolute atomic E-state index is 11.2. The highest BCUT2D eigenvalue weighted by atomic mass is 16.5. The van der Waals surface area contributed by atoms with Crippen LogP contribution in [-0.4, -0.2) is 38.0 Å². The molecule has 1 heterocycles. The number of carbonyl (C=O) groups is 1. The van der Waals surface area contributed by atoms with Gasteiger partial charge in [-0.3, -0.25) is 9.69 Å². The van der Waals surface area contributed by atoms with Crippen LogP contribution in [0.25, 0.3) is 0 Å². The SMILES string of the molecule is COc1ccc(CN2CCC(=O)CC2)cc1OC. The molecule has 18 heavy (non-hydrogen) atoms. The van der Waals surface area contributed by atoms with Crippen LogP contribution in [0.15, 0.2) is 18.2 Å². The first-order valence-electron chi connectivity index (χ1n) is 6.18. The van der Waals surface area contributed by atoms with Crippen LogP contribution in [0, 0.1) is 0 Å². The molecule has 1 aliphatic rings.